The number of anilines is 1. The summed E-state index contributed by atoms with van der Waals surface area (Å²) < 4.78 is 0.702. The number of rotatable bonds is 5. The third-order valence-electron chi connectivity index (χ3n) is 3.71. The van der Waals surface area contributed by atoms with Gasteiger partial charge in [0, 0.05) is 18.4 Å². The quantitative estimate of drug-likeness (QED) is 0.277. The number of carbonyl (C=O) groups excluding carboxylic acids is 3. The van der Waals surface area contributed by atoms with E-state index in [2.05, 4.69) is 15.5 Å². The molecule has 2 aliphatic rings. The third-order valence-corrected chi connectivity index (χ3v) is 8.36. The molecule has 9 nitrogen and oxygen atoms in total. The molecule has 3 rings (SSSR count). The van der Waals surface area contributed by atoms with Gasteiger partial charge in [0.15, 0.2) is 0 Å². The summed E-state index contributed by atoms with van der Waals surface area (Å²) in [4.78, 5) is 35.8. The second kappa shape index (κ2) is 6.94. The average Bonchev–Trinajstić information content (AvgIpc) is 2.90. The number of nitrogens with one attached hydrogen (secondary N) is 1. The van der Waals surface area contributed by atoms with Crippen molar-refractivity contribution in [3.63, 3.8) is 0 Å². The van der Waals surface area contributed by atoms with Crippen LogP contribution in [0.5, 0.6) is 0 Å². The van der Waals surface area contributed by atoms with Crippen LogP contribution in [-0.2, 0) is 20.6 Å². The summed E-state index contributed by atoms with van der Waals surface area (Å²) in [5.74, 6) is -1.18. The zero-order chi connectivity index (χ0) is 18.3. The van der Waals surface area contributed by atoms with E-state index in [0.29, 0.717) is 26.6 Å². The van der Waals surface area contributed by atoms with Gasteiger partial charge in [-0.2, -0.15) is 0 Å². The maximum atomic E-state index is 11.9. The molecule has 0 bridgehead atoms. The number of aliphatic carboxylic acids is 1. The highest BCUT2D eigenvalue weighted by Crippen LogP contribution is 2.42. The van der Waals surface area contributed by atoms with Gasteiger partial charge in [0.25, 0.3) is 0 Å². The first kappa shape index (κ1) is 18.2. The minimum atomic E-state index is -1.37. The van der Waals surface area contributed by atoms with E-state index in [-0.39, 0.29) is 17.0 Å². The van der Waals surface area contributed by atoms with E-state index in [0.717, 1.165) is 0 Å². The van der Waals surface area contributed by atoms with Crippen LogP contribution >= 0.6 is 34.0 Å². The number of nitrogens with zero attached hydrogens (tertiary/aromatic N) is 3. The van der Waals surface area contributed by atoms with Crippen molar-refractivity contribution < 1.29 is 19.5 Å². The van der Waals surface area contributed by atoms with Gasteiger partial charge >= 0.3 is 9.47 Å². The molecule has 2 amide bonds. The van der Waals surface area contributed by atoms with Crippen molar-refractivity contribution in [3.8, 4) is 0 Å². The van der Waals surface area contributed by atoms with Gasteiger partial charge in [0.05, 0.1) is 22.1 Å². The lowest BCUT2D eigenvalue weighted by Crippen LogP contribution is -2.69. The molecule has 134 valence electrons. The zero-order valence-electron chi connectivity index (χ0n) is 13.3. The zero-order valence-corrected chi connectivity index (χ0v) is 15.8. The first-order valence-corrected chi connectivity index (χ1v) is 10.8. The molecule has 25 heavy (non-hydrogen) atoms. The molecule has 3 atom stereocenters. The number of aromatic nitrogens is 2. The number of nitrogens with two attached hydrogens (primary N) is 1. The smallest absolute Gasteiger partial charge is 0.367 e. The lowest BCUT2D eigenvalue weighted by atomic mass is 10.0. The molecular formula is C13H15N5O4S3. The SMILES string of the molecule is CC(=O)Nc1nnc(SCC2=C(C(=O)[O-])N3C(=O)C(N)[C@H]3SC2)[s+]1C. The number of amides is 2. The number of hydrogen-bond donors (Lipinski definition) is 2. The summed E-state index contributed by atoms with van der Waals surface area (Å²) in [6.07, 6.45) is 1.88. The van der Waals surface area contributed by atoms with E-state index < -0.39 is 28.4 Å². The fourth-order valence-corrected chi connectivity index (χ4v) is 6.46. The summed E-state index contributed by atoms with van der Waals surface area (Å²) in [6.45, 7) is 1.40. The van der Waals surface area contributed by atoms with Crippen molar-refractivity contribution in [3.05, 3.63) is 11.3 Å². The Morgan fingerprint density at radius 1 is 1.52 bits per heavy atom. The predicted octanol–water partition coefficient (Wildman–Crippen LogP) is -0.940. The molecule has 0 aromatic carbocycles. The number of hydrogen-bond acceptors (Lipinski definition) is 9. The Bertz CT molecular complexity index is 793. The summed E-state index contributed by atoms with van der Waals surface area (Å²) in [7, 11) is -0.472. The van der Waals surface area contributed by atoms with Crippen molar-refractivity contribution in [1.82, 2.24) is 15.1 Å². The number of carboxylic acids is 1. The van der Waals surface area contributed by atoms with Crippen molar-refractivity contribution in [1.29, 1.82) is 0 Å². The lowest BCUT2D eigenvalue weighted by Gasteiger charge is -2.49. The number of carboxylic acid groups (broad SMARTS) is 1. The summed E-state index contributed by atoms with van der Waals surface area (Å²) in [5.41, 5.74) is 6.22. The van der Waals surface area contributed by atoms with Gasteiger partial charge in [-0.1, -0.05) is 10.2 Å². The highest BCUT2D eigenvalue weighted by atomic mass is 32.2. The van der Waals surface area contributed by atoms with Crippen LogP contribution in [0.3, 0.4) is 0 Å². The average molecular weight is 401 g/mol. The molecule has 0 saturated carbocycles. The number of β-lactam (4-membered cyclic amide) rings is 1. The Kier molecular flexibility index (Phi) is 5.04. The maximum absolute atomic E-state index is 11.9. The topological polar surface area (TPSA) is 141 Å². The van der Waals surface area contributed by atoms with Gasteiger partial charge in [-0.25, -0.2) is 0 Å². The van der Waals surface area contributed by atoms with E-state index >= 15 is 0 Å². The van der Waals surface area contributed by atoms with Gasteiger partial charge in [-0.15, -0.1) is 11.8 Å². The molecule has 1 saturated heterocycles. The van der Waals surface area contributed by atoms with Crippen LogP contribution in [0.15, 0.2) is 15.6 Å². The highest BCUT2D eigenvalue weighted by Gasteiger charge is 2.50. The summed E-state index contributed by atoms with van der Waals surface area (Å²) >= 11 is 2.79. The standard InChI is InChI=1S/C13H15N5O4S3/c1-5(19)15-12-16-17-13(25(12)2)24-4-6-3-23-10-7(14)9(20)18(10)8(6)11(21)22/h7,10H,3-4,14H2,1-2H3,(H-,15,16,19,21,22)/t7?,10-,25?/m1/s1. The fourth-order valence-electron chi connectivity index (χ4n) is 2.49. The van der Waals surface area contributed by atoms with Crippen LogP contribution in [0.25, 0.3) is 0 Å². The van der Waals surface area contributed by atoms with E-state index in [1.54, 1.807) is 0 Å². The first-order valence-electron chi connectivity index (χ1n) is 7.17. The molecule has 1 aromatic heterocycles. The normalized spacial score (nSPS) is 23.2. The van der Waals surface area contributed by atoms with Gasteiger partial charge in [-0.3, -0.25) is 19.8 Å². The Morgan fingerprint density at radius 3 is 2.88 bits per heavy atom. The lowest BCUT2D eigenvalue weighted by molar-refractivity contribution is -0.301. The van der Waals surface area contributed by atoms with E-state index in [4.69, 9.17) is 5.73 Å². The molecular weight excluding hydrogens is 386 g/mol. The molecule has 0 radical (unpaired) electrons. The maximum Gasteiger partial charge on any atom is 0.367 e. The summed E-state index contributed by atoms with van der Waals surface area (Å²) in [5, 5.41) is 22.3. The second-order valence-corrected chi connectivity index (χ2v) is 9.55. The van der Waals surface area contributed by atoms with Gasteiger partial charge in [-0.05, 0) is 17.3 Å². The van der Waals surface area contributed by atoms with Crippen LogP contribution in [-0.4, -0.2) is 55.8 Å². The summed E-state index contributed by atoms with van der Waals surface area (Å²) in [6, 6.07) is -0.664. The first-order chi connectivity index (χ1) is 11.8. The third kappa shape index (κ3) is 3.26. The van der Waals surface area contributed by atoms with Crippen LogP contribution in [0.2, 0.25) is 0 Å². The van der Waals surface area contributed by atoms with Crippen molar-refractivity contribution in [2.45, 2.75) is 22.7 Å². The molecule has 3 heterocycles. The Balaban J connectivity index is 1.78. The molecule has 2 aliphatic heterocycles. The van der Waals surface area contributed by atoms with Crippen molar-refractivity contribution in [2.75, 3.05) is 16.8 Å². The predicted molar refractivity (Wildman–Crippen MR) is 93.6 cm³/mol. The molecule has 0 aliphatic carbocycles. The monoisotopic (exact) mass is 401 g/mol. The van der Waals surface area contributed by atoms with Crippen LogP contribution in [0.4, 0.5) is 5.13 Å². The molecule has 0 spiro atoms. The van der Waals surface area contributed by atoms with Crippen molar-refractivity contribution >= 4 is 56.9 Å². The Morgan fingerprint density at radius 2 is 2.24 bits per heavy atom. The van der Waals surface area contributed by atoms with E-state index in [1.165, 1.54) is 35.3 Å². The minimum Gasteiger partial charge on any atom is -0.543 e. The largest absolute Gasteiger partial charge is 0.543 e. The number of fused-ring (bicyclic) bond motifs is 1. The van der Waals surface area contributed by atoms with Crippen LogP contribution in [0.1, 0.15) is 6.92 Å². The van der Waals surface area contributed by atoms with Crippen molar-refractivity contribution in [2.24, 2.45) is 12.0 Å². The number of thioether (sulfide) groups is 2. The Hall–Kier alpha value is -1.63. The fraction of sp³-hybridized carbons (Fsp3) is 0.462. The molecule has 3 N–H and O–H groups in total. The van der Waals surface area contributed by atoms with E-state index in [9.17, 15) is 19.5 Å². The molecule has 1 fully saturated rings. The minimum absolute atomic E-state index is 0.0828. The Labute approximate surface area is 154 Å². The van der Waals surface area contributed by atoms with Gasteiger partial charge in [0.2, 0.25) is 11.8 Å². The highest BCUT2D eigenvalue weighted by molar-refractivity contribution is 8.02. The van der Waals surface area contributed by atoms with Crippen LogP contribution < -0.4 is 16.2 Å². The van der Waals surface area contributed by atoms with Crippen LogP contribution in [0, 0.1) is 0 Å². The van der Waals surface area contributed by atoms with Gasteiger partial charge in [0.1, 0.15) is 17.7 Å². The molecule has 2 unspecified atom stereocenters. The molecule has 12 heteroatoms. The van der Waals surface area contributed by atoms with Gasteiger partial charge < -0.3 is 15.6 Å². The number of carbonyl (C=O) groups is 3. The van der Waals surface area contributed by atoms with E-state index in [1.807, 2.05) is 6.26 Å². The second-order valence-electron chi connectivity index (χ2n) is 5.43. The molecule has 1 aromatic rings.